The summed E-state index contributed by atoms with van der Waals surface area (Å²) >= 11 is 4.83. The summed E-state index contributed by atoms with van der Waals surface area (Å²) < 4.78 is 5.48. The van der Waals surface area contributed by atoms with Gasteiger partial charge in [-0.25, -0.2) is 0 Å². The zero-order valence-corrected chi connectivity index (χ0v) is 10.3. The van der Waals surface area contributed by atoms with Crippen molar-refractivity contribution in [3.05, 3.63) is 24.3 Å². The van der Waals surface area contributed by atoms with Crippen molar-refractivity contribution in [2.75, 3.05) is 18.2 Å². The lowest BCUT2D eigenvalue weighted by molar-refractivity contribution is 0.125. The number of rotatable bonds is 5. The van der Waals surface area contributed by atoms with Crippen molar-refractivity contribution in [2.24, 2.45) is 0 Å². The van der Waals surface area contributed by atoms with Gasteiger partial charge >= 0.3 is 0 Å². The van der Waals surface area contributed by atoms with Crippen molar-refractivity contribution in [1.82, 2.24) is 0 Å². The normalized spacial score (nSPS) is 12.5. The fourth-order valence-corrected chi connectivity index (χ4v) is 1.70. The number of thioether (sulfide) groups is 1. The first-order valence-corrected chi connectivity index (χ1v) is 6.62. The fourth-order valence-electron chi connectivity index (χ4n) is 0.969. The lowest BCUT2D eigenvalue weighted by atomic mass is 10.3. The van der Waals surface area contributed by atoms with E-state index in [1.54, 1.807) is 11.8 Å². The predicted molar refractivity (Wildman–Crippen MR) is 63.5 cm³/mol. The second kappa shape index (κ2) is 6.32. The molecule has 78 valence electrons. The monoisotopic (exact) mass is 276 g/mol. The van der Waals surface area contributed by atoms with E-state index in [2.05, 4.69) is 15.9 Å². The minimum Gasteiger partial charge on any atom is -0.490 e. The standard InChI is InChI=1S/C10H13BrO2S/c1-14-10-5-3-2-4-9(10)13-7-8(12)6-11/h2-5,8,12H,6-7H2,1H3. The highest BCUT2D eigenvalue weighted by Crippen LogP contribution is 2.26. The van der Waals surface area contributed by atoms with E-state index in [0.717, 1.165) is 10.6 Å². The van der Waals surface area contributed by atoms with Crippen molar-refractivity contribution in [3.63, 3.8) is 0 Å². The van der Waals surface area contributed by atoms with Gasteiger partial charge in [0.05, 0.1) is 6.10 Å². The highest BCUT2D eigenvalue weighted by molar-refractivity contribution is 9.09. The fraction of sp³-hybridized carbons (Fsp3) is 0.400. The number of aliphatic hydroxyl groups excluding tert-OH is 1. The van der Waals surface area contributed by atoms with Crippen LogP contribution in [0.1, 0.15) is 0 Å². The number of benzene rings is 1. The molecule has 0 aromatic heterocycles. The van der Waals surface area contributed by atoms with Gasteiger partial charge in [0, 0.05) is 10.2 Å². The van der Waals surface area contributed by atoms with Crippen molar-refractivity contribution in [3.8, 4) is 5.75 Å². The van der Waals surface area contributed by atoms with Gasteiger partial charge in [-0.2, -0.15) is 0 Å². The molecule has 0 amide bonds. The van der Waals surface area contributed by atoms with Gasteiger partial charge in [0.1, 0.15) is 12.4 Å². The van der Waals surface area contributed by atoms with E-state index >= 15 is 0 Å². The number of hydrogen-bond acceptors (Lipinski definition) is 3. The molecule has 0 fully saturated rings. The van der Waals surface area contributed by atoms with E-state index in [9.17, 15) is 5.11 Å². The molecule has 1 rings (SSSR count). The van der Waals surface area contributed by atoms with Crippen LogP contribution in [0, 0.1) is 0 Å². The van der Waals surface area contributed by atoms with Crippen molar-refractivity contribution >= 4 is 27.7 Å². The lowest BCUT2D eigenvalue weighted by Gasteiger charge is -2.11. The molecule has 0 spiro atoms. The predicted octanol–water partition coefficient (Wildman–Crippen LogP) is 2.54. The Balaban J connectivity index is 2.57. The van der Waals surface area contributed by atoms with E-state index in [-0.39, 0.29) is 0 Å². The molecule has 0 aliphatic rings. The van der Waals surface area contributed by atoms with Crippen molar-refractivity contribution in [1.29, 1.82) is 0 Å². The molecule has 1 N–H and O–H groups in total. The van der Waals surface area contributed by atoms with E-state index in [0.29, 0.717) is 11.9 Å². The maximum absolute atomic E-state index is 9.30. The molecule has 0 radical (unpaired) electrons. The van der Waals surface area contributed by atoms with Gasteiger partial charge in [0.2, 0.25) is 0 Å². The average molecular weight is 277 g/mol. The molecule has 4 heteroatoms. The second-order valence-corrected chi connectivity index (χ2v) is 4.27. The minimum absolute atomic E-state index is 0.322. The number of alkyl halides is 1. The molecule has 1 atom stereocenters. The third-order valence-electron chi connectivity index (χ3n) is 1.68. The number of para-hydroxylation sites is 1. The zero-order valence-electron chi connectivity index (χ0n) is 7.94. The van der Waals surface area contributed by atoms with Gasteiger partial charge in [-0.15, -0.1) is 11.8 Å². The SMILES string of the molecule is CSc1ccccc1OCC(O)CBr. The van der Waals surface area contributed by atoms with Crippen molar-refractivity contribution < 1.29 is 9.84 Å². The van der Waals surface area contributed by atoms with Crippen LogP contribution in [0.5, 0.6) is 5.75 Å². The van der Waals surface area contributed by atoms with Crippen LogP contribution in [0.2, 0.25) is 0 Å². The average Bonchev–Trinajstić information content (AvgIpc) is 2.26. The summed E-state index contributed by atoms with van der Waals surface area (Å²) in [4.78, 5) is 1.09. The molecule has 1 aromatic carbocycles. The molecular formula is C10H13BrO2S. The summed E-state index contributed by atoms with van der Waals surface area (Å²) in [6.45, 7) is 0.322. The molecule has 2 nitrogen and oxygen atoms in total. The van der Waals surface area contributed by atoms with Gasteiger partial charge in [-0.1, -0.05) is 28.1 Å². The first-order valence-electron chi connectivity index (χ1n) is 4.27. The lowest BCUT2D eigenvalue weighted by Crippen LogP contribution is -2.18. The summed E-state index contributed by atoms with van der Waals surface area (Å²) in [5, 5.41) is 9.84. The smallest absolute Gasteiger partial charge is 0.132 e. The van der Waals surface area contributed by atoms with E-state index in [1.165, 1.54) is 0 Å². The molecule has 1 aromatic rings. The third kappa shape index (κ3) is 3.52. The molecule has 14 heavy (non-hydrogen) atoms. The minimum atomic E-state index is -0.454. The third-order valence-corrected chi connectivity index (χ3v) is 3.20. The van der Waals surface area contributed by atoms with Crippen LogP contribution >= 0.6 is 27.7 Å². The van der Waals surface area contributed by atoms with Gasteiger partial charge in [0.25, 0.3) is 0 Å². The summed E-state index contributed by atoms with van der Waals surface area (Å²) in [5.41, 5.74) is 0. The zero-order chi connectivity index (χ0) is 10.4. The Morgan fingerprint density at radius 1 is 1.50 bits per heavy atom. The summed E-state index contributed by atoms with van der Waals surface area (Å²) in [7, 11) is 0. The largest absolute Gasteiger partial charge is 0.490 e. The highest BCUT2D eigenvalue weighted by atomic mass is 79.9. The number of halogens is 1. The quantitative estimate of drug-likeness (QED) is 0.662. The summed E-state index contributed by atoms with van der Waals surface area (Å²) in [6, 6.07) is 7.81. The first-order chi connectivity index (χ1) is 6.77. The first kappa shape index (κ1) is 11.9. The Morgan fingerprint density at radius 2 is 2.21 bits per heavy atom. The molecule has 1 unspecified atom stereocenters. The van der Waals surface area contributed by atoms with Crippen LogP contribution in [-0.2, 0) is 0 Å². The van der Waals surface area contributed by atoms with Gasteiger partial charge < -0.3 is 9.84 Å². The Kier molecular flexibility index (Phi) is 5.37. The van der Waals surface area contributed by atoms with Crippen LogP contribution in [0.3, 0.4) is 0 Å². The number of hydrogen-bond donors (Lipinski definition) is 1. The highest BCUT2D eigenvalue weighted by Gasteiger charge is 2.05. The second-order valence-electron chi connectivity index (χ2n) is 2.77. The van der Waals surface area contributed by atoms with Gasteiger partial charge in [-0.05, 0) is 18.4 Å². The van der Waals surface area contributed by atoms with Gasteiger partial charge in [0.15, 0.2) is 0 Å². The topological polar surface area (TPSA) is 29.5 Å². The van der Waals surface area contributed by atoms with Crippen LogP contribution in [0.25, 0.3) is 0 Å². The number of ether oxygens (including phenoxy) is 1. The summed E-state index contributed by atoms with van der Waals surface area (Å²) in [6.07, 6.45) is 1.55. The van der Waals surface area contributed by atoms with Crippen LogP contribution in [0.15, 0.2) is 29.2 Å². The van der Waals surface area contributed by atoms with Crippen molar-refractivity contribution in [2.45, 2.75) is 11.0 Å². The molecule has 0 saturated carbocycles. The van der Waals surface area contributed by atoms with E-state index in [1.807, 2.05) is 30.5 Å². The Hall–Kier alpha value is -0.190. The van der Waals surface area contributed by atoms with E-state index in [4.69, 9.17) is 4.74 Å². The molecule has 0 saturated heterocycles. The summed E-state index contributed by atoms with van der Waals surface area (Å²) in [5.74, 6) is 0.833. The Labute approximate surface area is 96.8 Å². The maximum atomic E-state index is 9.30. The molecule has 0 bridgehead atoms. The van der Waals surface area contributed by atoms with Crippen LogP contribution in [-0.4, -0.2) is 29.4 Å². The maximum Gasteiger partial charge on any atom is 0.132 e. The molecule has 0 aliphatic carbocycles. The Bertz CT molecular complexity index is 281. The van der Waals surface area contributed by atoms with Gasteiger partial charge in [-0.3, -0.25) is 0 Å². The van der Waals surface area contributed by atoms with Crippen LogP contribution in [0.4, 0.5) is 0 Å². The number of aliphatic hydroxyl groups is 1. The molecule has 0 aliphatic heterocycles. The molecular weight excluding hydrogens is 264 g/mol. The molecule has 0 heterocycles. The van der Waals surface area contributed by atoms with E-state index < -0.39 is 6.10 Å². The van der Waals surface area contributed by atoms with Crippen LogP contribution < -0.4 is 4.74 Å². The Morgan fingerprint density at radius 3 is 2.86 bits per heavy atom.